The molecule has 3 rings (SSSR count). The van der Waals surface area contributed by atoms with Crippen molar-refractivity contribution in [3.05, 3.63) is 29.3 Å². The van der Waals surface area contributed by atoms with E-state index in [-0.39, 0.29) is 0 Å². The number of aldehydes is 1. The first kappa shape index (κ1) is 16.5. The summed E-state index contributed by atoms with van der Waals surface area (Å²) >= 11 is 0. The van der Waals surface area contributed by atoms with Crippen LogP contribution in [0.2, 0.25) is 0 Å². The number of piperidine rings is 1. The Morgan fingerprint density at radius 1 is 1.13 bits per heavy atom. The van der Waals surface area contributed by atoms with E-state index in [1.54, 1.807) is 0 Å². The molecule has 1 aromatic rings. The molecule has 2 nitrogen and oxygen atoms in total. The lowest BCUT2D eigenvalue weighted by atomic mass is 9.65. The Morgan fingerprint density at radius 2 is 1.83 bits per heavy atom. The van der Waals surface area contributed by atoms with Gasteiger partial charge in [-0.25, -0.2) is 0 Å². The zero-order valence-electron chi connectivity index (χ0n) is 14.8. The highest BCUT2D eigenvalue weighted by molar-refractivity contribution is 5.51. The lowest BCUT2D eigenvalue weighted by Crippen LogP contribution is -2.42. The molecule has 1 heterocycles. The fourth-order valence-corrected chi connectivity index (χ4v) is 4.63. The van der Waals surface area contributed by atoms with Gasteiger partial charge < -0.3 is 9.69 Å². The van der Waals surface area contributed by atoms with Gasteiger partial charge in [-0.1, -0.05) is 13.0 Å². The average molecular weight is 313 g/mol. The third-order valence-corrected chi connectivity index (χ3v) is 6.31. The number of benzene rings is 1. The van der Waals surface area contributed by atoms with Gasteiger partial charge in [0.05, 0.1) is 0 Å². The summed E-state index contributed by atoms with van der Waals surface area (Å²) in [7, 11) is 0. The van der Waals surface area contributed by atoms with Crippen LogP contribution in [0.25, 0.3) is 0 Å². The summed E-state index contributed by atoms with van der Waals surface area (Å²) in [6.07, 6.45) is 10.9. The first-order valence-corrected chi connectivity index (χ1v) is 9.43. The summed E-state index contributed by atoms with van der Waals surface area (Å²) in [4.78, 5) is 13.3. The topological polar surface area (TPSA) is 20.3 Å². The molecular formula is C21H31NO. The molecule has 1 saturated heterocycles. The first-order chi connectivity index (χ1) is 11.1. The SMILES string of the molecule is CCc1cc(C)cc(N2CCC3(CCC(CC=O)CC3)CC2)c1. The maximum absolute atomic E-state index is 10.7. The summed E-state index contributed by atoms with van der Waals surface area (Å²) in [6.45, 7) is 6.85. The third-order valence-electron chi connectivity index (χ3n) is 6.31. The highest BCUT2D eigenvalue weighted by Gasteiger charge is 2.37. The molecule has 0 radical (unpaired) electrons. The second-order valence-corrected chi connectivity index (χ2v) is 7.86. The lowest BCUT2D eigenvalue weighted by molar-refractivity contribution is -0.109. The number of anilines is 1. The molecule has 1 aliphatic carbocycles. The van der Waals surface area contributed by atoms with E-state index in [0.29, 0.717) is 11.3 Å². The van der Waals surface area contributed by atoms with E-state index in [2.05, 4.69) is 36.9 Å². The van der Waals surface area contributed by atoms with Gasteiger partial charge in [0.25, 0.3) is 0 Å². The molecule has 2 aliphatic rings. The summed E-state index contributed by atoms with van der Waals surface area (Å²) in [5.41, 5.74) is 4.84. The second-order valence-electron chi connectivity index (χ2n) is 7.86. The molecular weight excluding hydrogens is 282 g/mol. The number of carbonyl (C=O) groups is 1. The minimum Gasteiger partial charge on any atom is -0.371 e. The standard InChI is InChI=1S/C21H31NO/c1-3-18-14-17(2)15-20(16-18)22-11-9-21(10-12-22)7-4-19(5-8-21)6-13-23/h13-16,19H,3-12H2,1-2H3. The van der Waals surface area contributed by atoms with Crippen molar-refractivity contribution >= 4 is 12.0 Å². The molecule has 126 valence electrons. The van der Waals surface area contributed by atoms with Crippen LogP contribution < -0.4 is 4.90 Å². The van der Waals surface area contributed by atoms with Crippen molar-refractivity contribution in [3.63, 3.8) is 0 Å². The predicted molar refractivity (Wildman–Crippen MR) is 97.1 cm³/mol. The number of rotatable bonds is 4. The number of carbonyl (C=O) groups excluding carboxylic acids is 1. The van der Waals surface area contributed by atoms with Crippen LogP contribution in [0, 0.1) is 18.3 Å². The molecule has 0 bridgehead atoms. The molecule has 0 atom stereocenters. The molecule has 2 heteroatoms. The fourth-order valence-electron chi connectivity index (χ4n) is 4.63. The van der Waals surface area contributed by atoms with Gasteiger partial charge in [0.1, 0.15) is 6.29 Å². The minimum absolute atomic E-state index is 0.577. The van der Waals surface area contributed by atoms with Crippen molar-refractivity contribution < 1.29 is 4.79 Å². The highest BCUT2D eigenvalue weighted by atomic mass is 16.1. The van der Waals surface area contributed by atoms with Crippen molar-refractivity contribution in [1.82, 2.24) is 0 Å². The Kier molecular flexibility index (Phi) is 5.08. The number of hydrogen-bond donors (Lipinski definition) is 0. The van der Waals surface area contributed by atoms with Gasteiger partial charge in [-0.05, 0) is 86.5 Å². The van der Waals surface area contributed by atoms with Crippen molar-refractivity contribution in [3.8, 4) is 0 Å². The molecule has 2 fully saturated rings. The summed E-state index contributed by atoms with van der Waals surface area (Å²) in [6, 6.07) is 7.04. The molecule has 1 aliphatic heterocycles. The van der Waals surface area contributed by atoms with Gasteiger partial charge in [0.15, 0.2) is 0 Å². The maximum Gasteiger partial charge on any atom is 0.120 e. The molecule has 1 spiro atoms. The number of hydrogen-bond acceptors (Lipinski definition) is 2. The Morgan fingerprint density at radius 3 is 2.43 bits per heavy atom. The zero-order valence-corrected chi connectivity index (χ0v) is 14.8. The Labute approximate surface area is 141 Å². The monoisotopic (exact) mass is 313 g/mol. The van der Waals surface area contributed by atoms with E-state index in [0.717, 1.165) is 19.1 Å². The van der Waals surface area contributed by atoms with E-state index in [9.17, 15) is 4.79 Å². The van der Waals surface area contributed by atoms with Gasteiger partial charge in [-0.2, -0.15) is 0 Å². The van der Waals surface area contributed by atoms with Crippen LogP contribution >= 0.6 is 0 Å². The molecule has 0 N–H and O–H groups in total. The Balaban J connectivity index is 1.60. The number of aryl methyl sites for hydroxylation is 2. The smallest absolute Gasteiger partial charge is 0.120 e. The quantitative estimate of drug-likeness (QED) is 0.735. The average Bonchev–Trinajstić information content (AvgIpc) is 2.57. The predicted octanol–water partition coefficient (Wildman–Crippen LogP) is 4.92. The zero-order chi connectivity index (χ0) is 16.3. The van der Waals surface area contributed by atoms with Gasteiger partial charge in [-0.15, -0.1) is 0 Å². The van der Waals surface area contributed by atoms with E-state index in [1.807, 2.05) is 0 Å². The Bertz CT molecular complexity index is 533. The van der Waals surface area contributed by atoms with Crippen molar-refractivity contribution in [2.75, 3.05) is 18.0 Å². The Hall–Kier alpha value is -1.31. The van der Waals surface area contributed by atoms with Gasteiger partial charge in [-0.3, -0.25) is 0 Å². The normalized spacial score (nSPS) is 21.6. The van der Waals surface area contributed by atoms with E-state index in [4.69, 9.17) is 0 Å². The van der Waals surface area contributed by atoms with Crippen LogP contribution in [0.1, 0.15) is 63.0 Å². The maximum atomic E-state index is 10.7. The van der Waals surface area contributed by atoms with Crippen LogP contribution in [0.3, 0.4) is 0 Å². The summed E-state index contributed by atoms with van der Waals surface area (Å²) in [5.74, 6) is 0.667. The van der Waals surface area contributed by atoms with Crippen molar-refractivity contribution in [2.24, 2.45) is 11.3 Å². The number of nitrogens with zero attached hydrogens (tertiary/aromatic N) is 1. The lowest BCUT2D eigenvalue weighted by Gasteiger charge is -2.46. The van der Waals surface area contributed by atoms with Crippen LogP contribution in [0.4, 0.5) is 5.69 Å². The van der Waals surface area contributed by atoms with Gasteiger partial charge in [0, 0.05) is 25.2 Å². The molecule has 23 heavy (non-hydrogen) atoms. The largest absolute Gasteiger partial charge is 0.371 e. The molecule has 1 saturated carbocycles. The van der Waals surface area contributed by atoms with Gasteiger partial charge in [0.2, 0.25) is 0 Å². The van der Waals surface area contributed by atoms with Gasteiger partial charge >= 0.3 is 0 Å². The molecule has 0 aromatic heterocycles. The van der Waals surface area contributed by atoms with E-state index >= 15 is 0 Å². The van der Waals surface area contributed by atoms with Crippen LogP contribution in [-0.2, 0) is 11.2 Å². The molecule has 1 aromatic carbocycles. The second kappa shape index (κ2) is 7.07. The van der Waals surface area contributed by atoms with Crippen LogP contribution in [0.15, 0.2) is 18.2 Å². The summed E-state index contributed by atoms with van der Waals surface area (Å²) < 4.78 is 0. The fraction of sp³-hybridized carbons (Fsp3) is 0.667. The van der Waals surface area contributed by atoms with Crippen LogP contribution in [-0.4, -0.2) is 19.4 Å². The van der Waals surface area contributed by atoms with Crippen LogP contribution in [0.5, 0.6) is 0 Å². The summed E-state index contributed by atoms with van der Waals surface area (Å²) in [5, 5.41) is 0. The van der Waals surface area contributed by atoms with Crippen molar-refractivity contribution in [1.29, 1.82) is 0 Å². The third kappa shape index (κ3) is 3.79. The minimum atomic E-state index is 0.577. The molecule has 0 amide bonds. The van der Waals surface area contributed by atoms with E-state index in [1.165, 1.54) is 68.4 Å². The molecule has 0 unspecified atom stereocenters. The van der Waals surface area contributed by atoms with E-state index < -0.39 is 0 Å². The van der Waals surface area contributed by atoms with Crippen molar-refractivity contribution in [2.45, 2.75) is 65.2 Å². The first-order valence-electron chi connectivity index (χ1n) is 9.43. The highest BCUT2D eigenvalue weighted by Crippen LogP contribution is 2.47.